The number of benzene rings is 3. The molecular weight excluding hydrogens is 538 g/mol. The van der Waals surface area contributed by atoms with Crippen LogP contribution < -0.4 is 18.5 Å². The Kier molecular flexibility index (Phi) is 7.59. The second-order valence-corrected chi connectivity index (χ2v) is 11.7. The third-order valence-corrected chi connectivity index (χ3v) is 9.60. The van der Waals surface area contributed by atoms with E-state index in [9.17, 15) is 24.0 Å². The van der Waals surface area contributed by atoms with E-state index in [2.05, 4.69) is 15.9 Å². The fraction of sp³-hybridized carbons (Fsp3) is 0.143. The zero-order valence-corrected chi connectivity index (χ0v) is 20.9. The van der Waals surface area contributed by atoms with E-state index in [1.165, 1.54) is 80.9 Å². The zero-order valence-electron chi connectivity index (χ0n) is 17.5. The molecular formula is C21H21BrO9P2. The van der Waals surface area contributed by atoms with E-state index in [4.69, 9.17) is 18.5 Å². The fourth-order valence-electron chi connectivity index (χ4n) is 2.87. The molecule has 0 bridgehead atoms. The van der Waals surface area contributed by atoms with E-state index in [0.717, 1.165) is 0 Å². The van der Waals surface area contributed by atoms with Crippen LogP contribution in [0.25, 0.3) is 0 Å². The van der Waals surface area contributed by atoms with Crippen LogP contribution in [0, 0.1) is 0 Å². The SMILES string of the molecule is COc1ccc(OP(=O)(O)C(O)(c2cccc(Br)c2)P(=O)(O)Oc2ccc(OC)cc2)cc1. The lowest BCUT2D eigenvalue weighted by Crippen LogP contribution is -2.30. The maximum atomic E-state index is 13.4. The van der Waals surface area contributed by atoms with Gasteiger partial charge in [-0.1, -0.05) is 28.1 Å². The molecule has 0 heterocycles. The van der Waals surface area contributed by atoms with Gasteiger partial charge in [0.25, 0.3) is 0 Å². The molecule has 0 spiro atoms. The van der Waals surface area contributed by atoms with Crippen LogP contribution in [0.5, 0.6) is 23.0 Å². The fourth-order valence-corrected chi connectivity index (χ4v) is 6.79. The molecule has 12 heteroatoms. The Bertz CT molecular complexity index is 1130. The molecule has 0 radical (unpaired) electrons. The quantitative estimate of drug-likeness (QED) is 0.307. The van der Waals surface area contributed by atoms with E-state index < -0.39 is 20.3 Å². The Morgan fingerprint density at radius 2 is 1.12 bits per heavy atom. The minimum absolute atomic E-state index is 0.139. The van der Waals surface area contributed by atoms with Crippen LogP contribution in [0.4, 0.5) is 0 Å². The summed E-state index contributed by atoms with van der Waals surface area (Å²) < 4.78 is 47.6. The van der Waals surface area contributed by atoms with Gasteiger partial charge in [0.1, 0.15) is 23.0 Å². The van der Waals surface area contributed by atoms with Gasteiger partial charge in [0.05, 0.1) is 14.2 Å². The monoisotopic (exact) mass is 558 g/mol. The summed E-state index contributed by atoms with van der Waals surface area (Å²) in [6, 6.07) is 16.5. The molecule has 0 saturated carbocycles. The molecule has 0 aliphatic carbocycles. The van der Waals surface area contributed by atoms with Crippen molar-refractivity contribution in [3.05, 3.63) is 82.8 Å². The first-order chi connectivity index (χ1) is 15.5. The van der Waals surface area contributed by atoms with Crippen molar-refractivity contribution in [2.75, 3.05) is 14.2 Å². The lowest BCUT2D eigenvalue weighted by molar-refractivity contribution is 0.135. The zero-order chi connectivity index (χ0) is 24.3. The van der Waals surface area contributed by atoms with Crippen molar-refractivity contribution in [1.29, 1.82) is 0 Å². The van der Waals surface area contributed by atoms with E-state index in [1.54, 1.807) is 6.07 Å². The number of rotatable bonds is 9. The Labute approximate surface area is 198 Å². The Hall–Kier alpha value is -2.32. The summed E-state index contributed by atoms with van der Waals surface area (Å²) in [5.74, 6) is 0.625. The van der Waals surface area contributed by atoms with Gasteiger partial charge in [-0.15, -0.1) is 0 Å². The highest BCUT2D eigenvalue weighted by Gasteiger charge is 2.66. The summed E-state index contributed by atoms with van der Waals surface area (Å²) in [5, 5.41) is 8.10. The summed E-state index contributed by atoms with van der Waals surface area (Å²) >= 11 is 3.19. The molecule has 0 aromatic heterocycles. The third-order valence-electron chi connectivity index (χ3n) is 4.58. The van der Waals surface area contributed by atoms with Crippen molar-refractivity contribution in [1.82, 2.24) is 0 Å². The third kappa shape index (κ3) is 5.27. The molecule has 0 aliphatic heterocycles. The summed E-state index contributed by atoms with van der Waals surface area (Å²) in [4.78, 5) is 21.7. The first-order valence-corrected chi connectivity index (χ1v) is 13.3. The maximum Gasteiger partial charge on any atom is 0.426 e. The van der Waals surface area contributed by atoms with Crippen molar-refractivity contribution in [2.45, 2.75) is 5.08 Å². The molecule has 9 nitrogen and oxygen atoms in total. The van der Waals surface area contributed by atoms with Gasteiger partial charge in [-0.25, -0.2) is 9.13 Å². The van der Waals surface area contributed by atoms with Crippen LogP contribution in [0.3, 0.4) is 0 Å². The highest BCUT2D eigenvalue weighted by atomic mass is 79.9. The van der Waals surface area contributed by atoms with Gasteiger partial charge in [-0.3, -0.25) is 0 Å². The minimum atomic E-state index is -5.34. The first-order valence-electron chi connectivity index (χ1n) is 9.34. The van der Waals surface area contributed by atoms with E-state index in [-0.39, 0.29) is 17.1 Å². The molecule has 0 aliphatic rings. The molecule has 0 saturated heterocycles. The average Bonchev–Trinajstić information content (AvgIpc) is 2.78. The Balaban J connectivity index is 2.08. The largest absolute Gasteiger partial charge is 0.497 e. The van der Waals surface area contributed by atoms with Crippen LogP contribution >= 0.6 is 31.1 Å². The molecule has 3 aromatic rings. The van der Waals surface area contributed by atoms with Crippen molar-refractivity contribution in [3.63, 3.8) is 0 Å². The molecule has 2 atom stereocenters. The normalized spacial score (nSPS) is 16.5. The molecule has 33 heavy (non-hydrogen) atoms. The van der Waals surface area contributed by atoms with Crippen molar-refractivity contribution < 1.29 is 42.5 Å². The van der Waals surface area contributed by atoms with Crippen LogP contribution in [-0.4, -0.2) is 29.1 Å². The van der Waals surface area contributed by atoms with Gasteiger partial charge in [0, 0.05) is 10.0 Å². The molecule has 2 unspecified atom stereocenters. The van der Waals surface area contributed by atoms with Crippen molar-refractivity contribution in [2.24, 2.45) is 0 Å². The Morgan fingerprint density at radius 1 is 0.727 bits per heavy atom. The highest BCUT2D eigenvalue weighted by Crippen LogP contribution is 2.76. The summed E-state index contributed by atoms with van der Waals surface area (Å²) in [6.45, 7) is 0. The van der Waals surface area contributed by atoms with Crippen LogP contribution in [0.15, 0.2) is 77.3 Å². The second-order valence-electron chi connectivity index (χ2n) is 6.72. The molecule has 3 N–H and O–H groups in total. The number of methoxy groups -OCH3 is 2. The molecule has 176 valence electrons. The van der Waals surface area contributed by atoms with Gasteiger partial charge in [0.15, 0.2) is 0 Å². The van der Waals surface area contributed by atoms with Gasteiger partial charge in [0.2, 0.25) is 0 Å². The number of ether oxygens (including phenoxy) is 2. The van der Waals surface area contributed by atoms with Crippen LogP contribution in [-0.2, 0) is 14.2 Å². The topological polar surface area (TPSA) is 132 Å². The summed E-state index contributed by atoms with van der Waals surface area (Å²) in [5.41, 5.74) is -0.365. The van der Waals surface area contributed by atoms with Gasteiger partial charge >= 0.3 is 20.3 Å². The second kappa shape index (κ2) is 9.89. The van der Waals surface area contributed by atoms with Gasteiger partial charge in [-0.05, 0) is 60.7 Å². The Morgan fingerprint density at radius 3 is 1.48 bits per heavy atom. The summed E-state index contributed by atoms with van der Waals surface area (Å²) in [7, 11) is -7.81. The van der Waals surface area contributed by atoms with Gasteiger partial charge in [-0.2, -0.15) is 0 Å². The molecule has 3 rings (SSSR count). The maximum absolute atomic E-state index is 13.4. The standard InChI is InChI=1S/C21H21BrO9P2/c1-28-17-6-10-19(11-7-17)30-32(24,25)21(23,15-4-3-5-16(22)14-15)33(26,27)31-20-12-8-18(29-2)9-13-20/h3-14,23H,1-2H3,(H,24,25)(H,26,27). The minimum Gasteiger partial charge on any atom is -0.497 e. The average molecular weight is 559 g/mol. The van der Waals surface area contributed by atoms with E-state index in [0.29, 0.717) is 16.0 Å². The molecule has 0 fully saturated rings. The number of aliphatic hydroxyl groups is 1. The first kappa shape index (κ1) is 25.3. The smallest absolute Gasteiger partial charge is 0.426 e. The van der Waals surface area contributed by atoms with Crippen LogP contribution in [0.2, 0.25) is 0 Å². The number of halogens is 1. The predicted molar refractivity (Wildman–Crippen MR) is 125 cm³/mol. The number of hydrogen-bond acceptors (Lipinski definition) is 7. The van der Waals surface area contributed by atoms with Gasteiger partial charge < -0.3 is 33.4 Å². The molecule has 3 aromatic carbocycles. The van der Waals surface area contributed by atoms with Crippen molar-refractivity contribution >= 4 is 31.1 Å². The lowest BCUT2D eigenvalue weighted by atomic mass is 10.2. The lowest BCUT2D eigenvalue weighted by Gasteiger charge is -2.34. The summed E-state index contributed by atoms with van der Waals surface area (Å²) in [6.07, 6.45) is 0. The highest BCUT2D eigenvalue weighted by molar-refractivity contribution is 9.10. The van der Waals surface area contributed by atoms with E-state index in [1.807, 2.05) is 0 Å². The van der Waals surface area contributed by atoms with Crippen molar-refractivity contribution in [3.8, 4) is 23.0 Å². The van der Waals surface area contributed by atoms with Crippen LogP contribution in [0.1, 0.15) is 5.56 Å². The van der Waals surface area contributed by atoms with E-state index >= 15 is 0 Å². The molecule has 0 amide bonds. The predicted octanol–water partition coefficient (Wildman–Crippen LogP) is 5.10. The number of hydrogen-bond donors (Lipinski definition) is 3.